The number of oxazole rings is 1. The van der Waals surface area contributed by atoms with Crippen LogP contribution in [0.4, 0.5) is 0 Å². The Bertz CT molecular complexity index is 248. The Balaban J connectivity index is 2.44. The summed E-state index contributed by atoms with van der Waals surface area (Å²) in [5, 5.41) is 0. The lowest BCUT2D eigenvalue weighted by molar-refractivity contribution is 0.156. The smallest absolute Gasteiger partial charge is 0.208 e. The Labute approximate surface area is 78.1 Å². The molecule has 0 saturated carbocycles. The van der Waals surface area contributed by atoms with E-state index in [1.54, 1.807) is 13.3 Å². The number of methoxy groups -OCH3 is 1. The van der Waals surface area contributed by atoms with Crippen molar-refractivity contribution in [1.29, 1.82) is 0 Å². The van der Waals surface area contributed by atoms with E-state index in [4.69, 9.17) is 14.9 Å². The molecule has 1 aromatic heterocycles. The van der Waals surface area contributed by atoms with Gasteiger partial charge in [-0.3, -0.25) is 0 Å². The number of rotatable bonds is 5. The highest BCUT2D eigenvalue weighted by atomic mass is 16.5. The van der Waals surface area contributed by atoms with E-state index in [0.29, 0.717) is 18.4 Å². The second kappa shape index (κ2) is 4.99. The van der Waals surface area contributed by atoms with Crippen molar-refractivity contribution in [2.45, 2.75) is 19.9 Å². The van der Waals surface area contributed by atoms with Gasteiger partial charge in [0.25, 0.3) is 0 Å². The average molecular weight is 184 g/mol. The molecule has 1 heterocycles. The molecule has 2 N–H and O–H groups in total. The molecule has 0 aliphatic carbocycles. The van der Waals surface area contributed by atoms with Crippen molar-refractivity contribution in [3.63, 3.8) is 0 Å². The van der Waals surface area contributed by atoms with Gasteiger partial charge in [-0.15, -0.1) is 0 Å². The SMILES string of the molecule is COCC(C)Cc1cnc(CN)o1. The highest BCUT2D eigenvalue weighted by molar-refractivity contribution is 4.94. The molecule has 1 unspecified atom stereocenters. The summed E-state index contributed by atoms with van der Waals surface area (Å²) in [5.74, 6) is 1.92. The predicted octanol–water partition coefficient (Wildman–Crippen LogP) is 0.958. The van der Waals surface area contributed by atoms with Crippen molar-refractivity contribution in [1.82, 2.24) is 4.98 Å². The van der Waals surface area contributed by atoms with Gasteiger partial charge in [0, 0.05) is 20.1 Å². The van der Waals surface area contributed by atoms with Gasteiger partial charge in [0.1, 0.15) is 5.76 Å². The van der Waals surface area contributed by atoms with Crippen molar-refractivity contribution < 1.29 is 9.15 Å². The summed E-state index contributed by atoms with van der Waals surface area (Å²) in [5.41, 5.74) is 5.37. The van der Waals surface area contributed by atoms with Gasteiger partial charge in [-0.05, 0) is 5.92 Å². The van der Waals surface area contributed by atoms with Crippen LogP contribution in [0.5, 0.6) is 0 Å². The molecule has 1 aromatic rings. The molecule has 0 spiro atoms. The maximum Gasteiger partial charge on any atom is 0.208 e. The highest BCUT2D eigenvalue weighted by Gasteiger charge is 2.07. The van der Waals surface area contributed by atoms with E-state index >= 15 is 0 Å². The van der Waals surface area contributed by atoms with Gasteiger partial charge in [0.2, 0.25) is 5.89 Å². The molecular weight excluding hydrogens is 168 g/mol. The molecule has 4 heteroatoms. The van der Waals surface area contributed by atoms with Crippen LogP contribution in [0.2, 0.25) is 0 Å². The molecule has 1 rings (SSSR count). The summed E-state index contributed by atoms with van der Waals surface area (Å²) in [4.78, 5) is 4.02. The van der Waals surface area contributed by atoms with E-state index in [2.05, 4.69) is 11.9 Å². The van der Waals surface area contributed by atoms with Crippen molar-refractivity contribution in [2.24, 2.45) is 11.7 Å². The van der Waals surface area contributed by atoms with E-state index in [9.17, 15) is 0 Å². The summed E-state index contributed by atoms with van der Waals surface area (Å²) in [6.45, 7) is 3.20. The van der Waals surface area contributed by atoms with E-state index in [1.165, 1.54) is 0 Å². The Morgan fingerprint density at radius 3 is 3.00 bits per heavy atom. The Morgan fingerprint density at radius 1 is 1.69 bits per heavy atom. The molecule has 0 aromatic carbocycles. The zero-order valence-electron chi connectivity index (χ0n) is 8.12. The molecule has 0 bridgehead atoms. The number of hydrogen-bond acceptors (Lipinski definition) is 4. The van der Waals surface area contributed by atoms with Crippen molar-refractivity contribution in [3.8, 4) is 0 Å². The molecule has 0 saturated heterocycles. The van der Waals surface area contributed by atoms with Crippen LogP contribution in [0.15, 0.2) is 10.6 Å². The zero-order chi connectivity index (χ0) is 9.68. The molecule has 0 fully saturated rings. The van der Waals surface area contributed by atoms with Gasteiger partial charge in [-0.1, -0.05) is 6.92 Å². The van der Waals surface area contributed by atoms with Crippen LogP contribution >= 0.6 is 0 Å². The van der Waals surface area contributed by atoms with Gasteiger partial charge in [-0.2, -0.15) is 0 Å². The summed E-state index contributed by atoms with van der Waals surface area (Å²) in [6, 6.07) is 0. The third kappa shape index (κ3) is 3.16. The topological polar surface area (TPSA) is 61.3 Å². The lowest BCUT2D eigenvalue weighted by Crippen LogP contribution is -2.06. The molecule has 0 aliphatic rings. The fraction of sp³-hybridized carbons (Fsp3) is 0.667. The minimum Gasteiger partial charge on any atom is -0.444 e. The van der Waals surface area contributed by atoms with Gasteiger partial charge >= 0.3 is 0 Å². The second-order valence-electron chi connectivity index (χ2n) is 3.19. The fourth-order valence-corrected chi connectivity index (χ4v) is 1.22. The van der Waals surface area contributed by atoms with Crippen LogP contribution < -0.4 is 5.73 Å². The lowest BCUT2D eigenvalue weighted by atomic mass is 10.1. The van der Waals surface area contributed by atoms with Crippen molar-refractivity contribution in [3.05, 3.63) is 17.8 Å². The summed E-state index contributed by atoms with van der Waals surface area (Å²) < 4.78 is 10.4. The number of nitrogens with two attached hydrogens (primary N) is 1. The van der Waals surface area contributed by atoms with Crippen LogP contribution in [0, 0.1) is 5.92 Å². The van der Waals surface area contributed by atoms with E-state index in [0.717, 1.165) is 18.8 Å². The maximum atomic E-state index is 5.37. The van der Waals surface area contributed by atoms with Crippen molar-refractivity contribution in [2.75, 3.05) is 13.7 Å². The third-order valence-corrected chi connectivity index (χ3v) is 1.78. The average Bonchev–Trinajstić information content (AvgIpc) is 2.52. The molecule has 0 radical (unpaired) electrons. The van der Waals surface area contributed by atoms with E-state index in [-0.39, 0.29) is 0 Å². The number of ether oxygens (including phenoxy) is 1. The van der Waals surface area contributed by atoms with Crippen molar-refractivity contribution >= 4 is 0 Å². The summed E-state index contributed by atoms with van der Waals surface area (Å²) >= 11 is 0. The number of nitrogens with zero attached hydrogens (tertiary/aromatic N) is 1. The largest absolute Gasteiger partial charge is 0.444 e. The molecular formula is C9H16N2O2. The predicted molar refractivity (Wildman–Crippen MR) is 49.1 cm³/mol. The van der Waals surface area contributed by atoms with Crippen LogP contribution in [-0.4, -0.2) is 18.7 Å². The second-order valence-corrected chi connectivity index (χ2v) is 3.19. The minimum absolute atomic E-state index is 0.360. The Kier molecular flexibility index (Phi) is 3.92. The van der Waals surface area contributed by atoms with E-state index < -0.39 is 0 Å². The van der Waals surface area contributed by atoms with Crippen LogP contribution in [0.25, 0.3) is 0 Å². The standard InChI is InChI=1S/C9H16N2O2/c1-7(6-12-2)3-8-5-11-9(4-10)13-8/h5,7H,3-4,6,10H2,1-2H3. The lowest BCUT2D eigenvalue weighted by Gasteiger charge is -2.06. The Hall–Kier alpha value is -0.870. The first kappa shape index (κ1) is 10.2. The summed E-state index contributed by atoms with van der Waals surface area (Å²) in [7, 11) is 1.70. The molecule has 74 valence electrons. The highest BCUT2D eigenvalue weighted by Crippen LogP contribution is 2.09. The molecule has 1 atom stereocenters. The first-order chi connectivity index (χ1) is 6.26. The fourth-order valence-electron chi connectivity index (χ4n) is 1.22. The van der Waals surface area contributed by atoms with Gasteiger partial charge in [0.05, 0.1) is 12.7 Å². The molecule has 4 nitrogen and oxygen atoms in total. The van der Waals surface area contributed by atoms with E-state index in [1.807, 2.05) is 0 Å². The quantitative estimate of drug-likeness (QED) is 0.740. The minimum atomic E-state index is 0.360. The molecule has 0 amide bonds. The zero-order valence-corrected chi connectivity index (χ0v) is 8.12. The maximum absolute atomic E-state index is 5.37. The normalized spacial score (nSPS) is 13.2. The molecule has 13 heavy (non-hydrogen) atoms. The monoisotopic (exact) mass is 184 g/mol. The van der Waals surface area contributed by atoms with Gasteiger partial charge < -0.3 is 14.9 Å². The number of aromatic nitrogens is 1. The van der Waals surface area contributed by atoms with Crippen LogP contribution in [0.3, 0.4) is 0 Å². The third-order valence-electron chi connectivity index (χ3n) is 1.78. The first-order valence-electron chi connectivity index (χ1n) is 4.38. The van der Waals surface area contributed by atoms with Crippen LogP contribution in [0.1, 0.15) is 18.6 Å². The van der Waals surface area contributed by atoms with Crippen LogP contribution in [-0.2, 0) is 17.7 Å². The Morgan fingerprint density at radius 2 is 2.46 bits per heavy atom. The first-order valence-corrected chi connectivity index (χ1v) is 4.38. The van der Waals surface area contributed by atoms with Gasteiger partial charge in [-0.25, -0.2) is 4.98 Å². The van der Waals surface area contributed by atoms with Gasteiger partial charge in [0.15, 0.2) is 0 Å². The molecule has 0 aliphatic heterocycles. The number of hydrogen-bond donors (Lipinski definition) is 1. The summed E-state index contributed by atoms with van der Waals surface area (Å²) in [6.07, 6.45) is 2.58.